The van der Waals surface area contributed by atoms with E-state index in [1.165, 1.54) is 0 Å². The lowest BCUT2D eigenvalue weighted by atomic mass is 10.2. The van der Waals surface area contributed by atoms with Crippen molar-refractivity contribution in [1.82, 2.24) is 25.0 Å². The van der Waals surface area contributed by atoms with Gasteiger partial charge in [0.05, 0.1) is 18.5 Å². The lowest BCUT2D eigenvalue weighted by Crippen LogP contribution is -2.00. The highest BCUT2D eigenvalue weighted by Gasteiger charge is 2.16. The van der Waals surface area contributed by atoms with E-state index in [-0.39, 0.29) is 0 Å². The molecule has 4 rings (SSSR count). The van der Waals surface area contributed by atoms with Gasteiger partial charge in [0.1, 0.15) is 11.3 Å². The van der Waals surface area contributed by atoms with E-state index in [0.29, 0.717) is 11.5 Å². The van der Waals surface area contributed by atoms with E-state index >= 15 is 0 Å². The van der Waals surface area contributed by atoms with Crippen LogP contribution in [0.15, 0.2) is 54.6 Å². The molecular weight excluding hydrogens is 326 g/mol. The van der Waals surface area contributed by atoms with Gasteiger partial charge in [0.25, 0.3) is 0 Å². The highest BCUT2D eigenvalue weighted by atomic mass is 16.5. The first-order valence-corrected chi connectivity index (χ1v) is 8.62. The predicted molar refractivity (Wildman–Crippen MR) is 100 cm³/mol. The van der Waals surface area contributed by atoms with Crippen LogP contribution in [0.2, 0.25) is 0 Å². The summed E-state index contributed by atoms with van der Waals surface area (Å²) < 4.78 is 7.03. The molecule has 0 amide bonds. The summed E-state index contributed by atoms with van der Waals surface area (Å²) in [5.74, 6) is 1.42. The fraction of sp³-hybridized carbons (Fsp3) is 0.200. The van der Waals surface area contributed by atoms with E-state index in [9.17, 15) is 0 Å². The van der Waals surface area contributed by atoms with Gasteiger partial charge in [0.15, 0.2) is 5.82 Å². The van der Waals surface area contributed by atoms with Crippen LogP contribution < -0.4 is 4.74 Å². The number of nitrogens with zero attached hydrogens (tertiary/aromatic N) is 5. The smallest absolute Gasteiger partial charge is 0.204 e. The number of rotatable bonds is 5. The Morgan fingerprint density at radius 1 is 0.962 bits per heavy atom. The minimum Gasteiger partial charge on any atom is -0.497 e. The van der Waals surface area contributed by atoms with Gasteiger partial charge in [-0.1, -0.05) is 43.7 Å². The van der Waals surface area contributed by atoms with Gasteiger partial charge in [-0.25, -0.2) is 9.67 Å². The zero-order chi connectivity index (χ0) is 17.9. The summed E-state index contributed by atoms with van der Waals surface area (Å²) in [4.78, 5) is 4.76. The van der Waals surface area contributed by atoms with Crippen LogP contribution in [0.3, 0.4) is 0 Å². The number of ether oxygens (including phenoxy) is 1. The van der Waals surface area contributed by atoms with Crippen LogP contribution in [0.25, 0.3) is 28.2 Å². The Morgan fingerprint density at radius 3 is 2.42 bits per heavy atom. The quantitative estimate of drug-likeness (QED) is 0.550. The molecule has 2 aromatic heterocycles. The molecule has 0 spiro atoms. The van der Waals surface area contributed by atoms with Crippen LogP contribution in [0.5, 0.6) is 5.75 Å². The average molecular weight is 345 g/mol. The Hall–Kier alpha value is -3.28. The molecule has 0 N–H and O–H groups in total. The maximum atomic E-state index is 5.23. The molecule has 0 saturated heterocycles. The van der Waals surface area contributed by atoms with Gasteiger partial charge in [-0.05, 0) is 30.7 Å². The van der Waals surface area contributed by atoms with Gasteiger partial charge in [-0.3, -0.25) is 0 Å². The van der Waals surface area contributed by atoms with Crippen molar-refractivity contribution in [3.8, 4) is 22.8 Å². The highest BCUT2D eigenvalue weighted by molar-refractivity contribution is 5.77. The summed E-state index contributed by atoms with van der Waals surface area (Å²) in [5, 5.41) is 13.5. The van der Waals surface area contributed by atoms with E-state index in [4.69, 9.17) is 14.8 Å². The zero-order valence-electron chi connectivity index (χ0n) is 14.8. The van der Waals surface area contributed by atoms with E-state index < -0.39 is 0 Å². The molecule has 0 atom stereocenters. The Bertz CT molecular complexity index is 1030. The summed E-state index contributed by atoms with van der Waals surface area (Å²) in [6.07, 6.45) is 1.83. The summed E-state index contributed by atoms with van der Waals surface area (Å²) >= 11 is 0. The number of hydrogen-bond acceptors (Lipinski definition) is 5. The maximum absolute atomic E-state index is 5.23. The fourth-order valence-electron chi connectivity index (χ4n) is 2.89. The number of fused-ring (bicyclic) bond motifs is 1. The molecule has 26 heavy (non-hydrogen) atoms. The fourth-order valence-corrected chi connectivity index (χ4v) is 2.89. The average Bonchev–Trinajstić information content (AvgIpc) is 3.07. The van der Waals surface area contributed by atoms with E-state index in [1.807, 2.05) is 54.6 Å². The van der Waals surface area contributed by atoms with Crippen LogP contribution in [0.1, 0.15) is 19.0 Å². The highest BCUT2D eigenvalue weighted by Crippen LogP contribution is 2.23. The van der Waals surface area contributed by atoms with Gasteiger partial charge < -0.3 is 4.74 Å². The lowest BCUT2D eigenvalue weighted by Gasteiger charge is -2.04. The standard InChI is InChI=1S/C20H19N5O/c1-3-7-17-18-20(23-22-19(21-18)14-8-5-4-6-9-14)25(24-17)15-10-12-16(26-2)13-11-15/h4-6,8-13H,3,7H2,1-2H3. The maximum Gasteiger partial charge on any atom is 0.204 e. The molecule has 0 aliphatic heterocycles. The van der Waals surface area contributed by atoms with Crippen LogP contribution in [0, 0.1) is 0 Å². The Kier molecular flexibility index (Phi) is 4.31. The number of methoxy groups -OCH3 is 1. The lowest BCUT2D eigenvalue weighted by molar-refractivity contribution is 0.414. The second kappa shape index (κ2) is 6.92. The molecular formula is C20H19N5O. The third kappa shape index (κ3) is 2.90. The van der Waals surface area contributed by atoms with Crippen LogP contribution >= 0.6 is 0 Å². The Labute approximate surface area is 151 Å². The first kappa shape index (κ1) is 16.2. The topological polar surface area (TPSA) is 65.7 Å². The molecule has 4 aromatic rings. The minimum absolute atomic E-state index is 0.615. The van der Waals surface area contributed by atoms with Crippen molar-refractivity contribution in [2.75, 3.05) is 7.11 Å². The summed E-state index contributed by atoms with van der Waals surface area (Å²) in [5.41, 5.74) is 4.25. The Morgan fingerprint density at radius 2 is 1.73 bits per heavy atom. The summed E-state index contributed by atoms with van der Waals surface area (Å²) in [6, 6.07) is 17.6. The number of benzene rings is 2. The third-order valence-electron chi connectivity index (χ3n) is 4.20. The largest absolute Gasteiger partial charge is 0.497 e. The molecule has 0 saturated carbocycles. The van der Waals surface area contributed by atoms with Crippen molar-refractivity contribution in [2.24, 2.45) is 0 Å². The molecule has 2 aromatic carbocycles. The predicted octanol–water partition coefficient (Wildman–Crippen LogP) is 3.84. The van der Waals surface area contributed by atoms with Crippen LogP contribution in [-0.4, -0.2) is 32.1 Å². The van der Waals surface area contributed by atoms with E-state index in [2.05, 4.69) is 17.1 Å². The van der Waals surface area contributed by atoms with Crippen molar-refractivity contribution in [3.63, 3.8) is 0 Å². The molecule has 0 radical (unpaired) electrons. The second-order valence-electron chi connectivity index (χ2n) is 5.98. The molecule has 6 nitrogen and oxygen atoms in total. The first-order valence-electron chi connectivity index (χ1n) is 8.62. The van der Waals surface area contributed by atoms with Gasteiger partial charge in [-0.15, -0.1) is 10.2 Å². The van der Waals surface area contributed by atoms with Crippen molar-refractivity contribution in [2.45, 2.75) is 19.8 Å². The Balaban J connectivity index is 1.86. The molecule has 0 unspecified atom stereocenters. The molecule has 0 aliphatic rings. The van der Waals surface area contributed by atoms with Crippen molar-refractivity contribution < 1.29 is 4.74 Å². The zero-order valence-corrected chi connectivity index (χ0v) is 14.8. The van der Waals surface area contributed by atoms with Gasteiger partial charge in [-0.2, -0.15) is 5.10 Å². The van der Waals surface area contributed by atoms with E-state index in [0.717, 1.165) is 41.1 Å². The number of hydrogen-bond donors (Lipinski definition) is 0. The normalized spacial score (nSPS) is 11.0. The van der Waals surface area contributed by atoms with Gasteiger partial charge in [0.2, 0.25) is 5.65 Å². The van der Waals surface area contributed by atoms with Crippen molar-refractivity contribution in [1.29, 1.82) is 0 Å². The van der Waals surface area contributed by atoms with Crippen molar-refractivity contribution >= 4 is 11.2 Å². The first-order chi connectivity index (χ1) is 12.8. The second-order valence-corrected chi connectivity index (χ2v) is 5.98. The molecule has 130 valence electrons. The van der Waals surface area contributed by atoms with Gasteiger partial charge in [0, 0.05) is 5.56 Å². The SMILES string of the molecule is CCCc1nn(-c2ccc(OC)cc2)c2nnc(-c3ccccc3)nc12. The number of aromatic nitrogens is 5. The molecule has 2 heterocycles. The van der Waals surface area contributed by atoms with Crippen LogP contribution in [-0.2, 0) is 6.42 Å². The molecule has 6 heteroatoms. The minimum atomic E-state index is 0.615. The van der Waals surface area contributed by atoms with Crippen molar-refractivity contribution in [3.05, 3.63) is 60.3 Å². The number of aryl methyl sites for hydroxylation is 1. The molecule has 0 aliphatic carbocycles. The third-order valence-corrected chi connectivity index (χ3v) is 4.20. The summed E-state index contributed by atoms with van der Waals surface area (Å²) in [6.45, 7) is 2.13. The van der Waals surface area contributed by atoms with E-state index in [1.54, 1.807) is 11.8 Å². The van der Waals surface area contributed by atoms with Gasteiger partial charge >= 0.3 is 0 Å². The molecule has 0 fully saturated rings. The van der Waals surface area contributed by atoms with Crippen LogP contribution in [0.4, 0.5) is 0 Å². The molecule has 0 bridgehead atoms. The monoisotopic (exact) mass is 345 g/mol. The summed E-state index contributed by atoms with van der Waals surface area (Å²) in [7, 11) is 1.65.